The van der Waals surface area contributed by atoms with Gasteiger partial charge in [-0.3, -0.25) is 4.79 Å². The van der Waals surface area contributed by atoms with Gasteiger partial charge in [-0.15, -0.1) is 0 Å². The minimum atomic E-state index is -3.70. The molecule has 1 aliphatic heterocycles. The standard InChI is InChI=1S/C14H19ClN2O5S2/c1-16(2)24(21,22)11-4-5-13(15)12(8-11)14(18)17(3)10-6-7-23(19,20)9-10/h4-5,8,10H,6-7,9H2,1-3H3. The summed E-state index contributed by atoms with van der Waals surface area (Å²) in [5, 5.41) is 0.116. The van der Waals surface area contributed by atoms with Crippen LogP contribution in [0.5, 0.6) is 0 Å². The maximum atomic E-state index is 12.7. The first-order chi connectivity index (χ1) is 11.0. The lowest BCUT2D eigenvalue weighted by Crippen LogP contribution is -2.38. The zero-order chi connectivity index (χ0) is 18.3. The third kappa shape index (κ3) is 3.74. The number of rotatable bonds is 4. The Morgan fingerprint density at radius 2 is 1.88 bits per heavy atom. The van der Waals surface area contributed by atoms with E-state index in [9.17, 15) is 21.6 Å². The molecule has 0 aliphatic carbocycles. The SMILES string of the molecule is CN(C(=O)c1cc(S(=O)(=O)N(C)C)ccc1Cl)C1CCS(=O)(=O)C1. The molecule has 24 heavy (non-hydrogen) atoms. The molecule has 1 fully saturated rings. The van der Waals surface area contributed by atoms with Gasteiger partial charge in [0.1, 0.15) is 0 Å². The smallest absolute Gasteiger partial charge is 0.255 e. The highest BCUT2D eigenvalue weighted by Crippen LogP contribution is 2.25. The molecule has 7 nitrogen and oxygen atoms in total. The fourth-order valence-electron chi connectivity index (χ4n) is 2.48. The molecule has 1 heterocycles. The number of hydrogen-bond donors (Lipinski definition) is 0. The molecule has 0 radical (unpaired) electrons. The molecule has 1 aromatic carbocycles. The number of benzene rings is 1. The molecule has 1 amide bonds. The van der Waals surface area contributed by atoms with Crippen molar-refractivity contribution in [1.82, 2.24) is 9.21 Å². The summed E-state index contributed by atoms with van der Waals surface area (Å²) in [4.78, 5) is 13.9. The fourth-order valence-corrected chi connectivity index (χ4v) is 5.38. The van der Waals surface area contributed by atoms with Crippen molar-refractivity contribution in [3.63, 3.8) is 0 Å². The van der Waals surface area contributed by atoms with E-state index >= 15 is 0 Å². The van der Waals surface area contributed by atoms with Gasteiger partial charge in [0.25, 0.3) is 5.91 Å². The molecule has 134 valence electrons. The Hall–Kier alpha value is -1.16. The number of hydrogen-bond acceptors (Lipinski definition) is 5. The second kappa shape index (κ2) is 6.62. The largest absolute Gasteiger partial charge is 0.338 e. The quantitative estimate of drug-likeness (QED) is 0.754. The molecule has 1 atom stereocenters. The van der Waals surface area contributed by atoms with E-state index in [-0.39, 0.29) is 27.0 Å². The molecule has 0 aromatic heterocycles. The van der Waals surface area contributed by atoms with Crippen molar-refractivity contribution in [2.45, 2.75) is 17.4 Å². The summed E-state index contributed by atoms with van der Waals surface area (Å²) in [6.45, 7) is 0. The predicted molar refractivity (Wildman–Crippen MR) is 91.5 cm³/mol. The van der Waals surface area contributed by atoms with Gasteiger partial charge in [0.2, 0.25) is 10.0 Å². The van der Waals surface area contributed by atoms with Crippen LogP contribution in [-0.2, 0) is 19.9 Å². The maximum absolute atomic E-state index is 12.7. The van der Waals surface area contributed by atoms with Gasteiger partial charge in [0, 0.05) is 27.2 Å². The van der Waals surface area contributed by atoms with Crippen LogP contribution in [0.2, 0.25) is 5.02 Å². The predicted octanol–water partition coefficient (Wildman–Crippen LogP) is 0.849. The molecular weight excluding hydrogens is 376 g/mol. The summed E-state index contributed by atoms with van der Waals surface area (Å²) in [6, 6.07) is 3.46. The summed E-state index contributed by atoms with van der Waals surface area (Å²) in [5.41, 5.74) is 0.0337. The Bertz CT molecular complexity index is 865. The summed E-state index contributed by atoms with van der Waals surface area (Å²) >= 11 is 6.05. The van der Waals surface area contributed by atoms with Gasteiger partial charge in [-0.25, -0.2) is 21.1 Å². The van der Waals surface area contributed by atoms with Crippen LogP contribution in [0.3, 0.4) is 0 Å². The summed E-state index contributed by atoms with van der Waals surface area (Å²) in [6.07, 6.45) is 0.359. The lowest BCUT2D eigenvalue weighted by Gasteiger charge is -2.24. The first-order valence-electron chi connectivity index (χ1n) is 7.15. The van der Waals surface area contributed by atoms with E-state index in [1.54, 1.807) is 0 Å². The van der Waals surface area contributed by atoms with Crippen LogP contribution in [0.25, 0.3) is 0 Å². The van der Waals surface area contributed by atoms with Gasteiger partial charge in [0.15, 0.2) is 9.84 Å². The summed E-state index contributed by atoms with van der Waals surface area (Å²) in [5.74, 6) is -0.557. The van der Waals surface area contributed by atoms with Crippen molar-refractivity contribution in [1.29, 1.82) is 0 Å². The minimum absolute atomic E-state index is 0.0337. The van der Waals surface area contributed by atoms with E-state index in [1.807, 2.05) is 0 Å². The van der Waals surface area contributed by atoms with Gasteiger partial charge in [-0.2, -0.15) is 0 Å². The van der Waals surface area contributed by atoms with Gasteiger partial charge in [0.05, 0.1) is 27.0 Å². The Morgan fingerprint density at radius 1 is 1.25 bits per heavy atom. The average molecular weight is 395 g/mol. The molecule has 0 N–H and O–H groups in total. The van der Waals surface area contributed by atoms with Crippen LogP contribution in [0.15, 0.2) is 23.1 Å². The third-order valence-electron chi connectivity index (χ3n) is 4.02. The lowest BCUT2D eigenvalue weighted by molar-refractivity contribution is 0.0747. The van der Waals surface area contributed by atoms with Crippen molar-refractivity contribution in [2.24, 2.45) is 0 Å². The molecule has 0 spiro atoms. The van der Waals surface area contributed by atoms with E-state index in [4.69, 9.17) is 11.6 Å². The Morgan fingerprint density at radius 3 is 2.38 bits per heavy atom. The highest BCUT2D eigenvalue weighted by Gasteiger charge is 2.34. The molecule has 2 rings (SSSR count). The number of carbonyl (C=O) groups is 1. The number of sulfonamides is 1. The van der Waals surface area contributed by atoms with Crippen LogP contribution in [0.4, 0.5) is 0 Å². The molecule has 0 saturated carbocycles. The van der Waals surface area contributed by atoms with E-state index in [1.165, 1.54) is 44.2 Å². The second-order valence-electron chi connectivity index (χ2n) is 5.90. The lowest BCUT2D eigenvalue weighted by atomic mass is 10.1. The van der Waals surface area contributed by atoms with Gasteiger partial charge in [-0.1, -0.05) is 11.6 Å². The van der Waals surface area contributed by atoms with E-state index in [2.05, 4.69) is 0 Å². The molecule has 1 aliphatic rings. The minimum Gasteiger partial charge on any atom is -0.338 e. The zero-order valence-corrected chi connectivity index (χ0v) is 15.9. The van der Waals surface area contributed by atoms with Gasteiger partial charge >= 0.3 is 0 Å². The number of sulfone groups is 1. The van der Waals surface area contributed by atoms with Crippen molar-refractivity contribution < 1.29 is 21.6 Å². The second-order valence-corrected chi connectivity index (χ2v) is 10.7. The highest BCUT2D eigenvalue weighted by atomic mass is 35.5. The van der Waals surface area contributed by atoms with Crippen LogP contribution in [0, 0.1) is 0 Å². The molecular formula is C14H19ClN2O5S2. The Balaban J connectivity index is 2.36. The molecule has 1 aromatic rings. The number of nitrogens with zero attached hydrogens (tertiary/aromatic N) is 2. The summed E-state index contributed by atoms with van der Waals surface area (Å²) < 4.78 is 48.6. The highest BCUT2D eigenvalue weighted by molar-refractivity contribution is 7.91. The van der Waals surface area contributed by atoms with Gasteiger partial charge in [-0.05, 0) is 24.6 Å². The van der Waals surface area contributed by atoms with Crippen LogP contribution in [0.1, 0.15) is 16.8 Å². The monoisotopic (exact) mass is 394 g/mol. The van der Waals surface area contributed by atoms with E-state index < -0.39 is 31.8 Å². The average Bonchev–Trinajstić information content (AvgIpc) is 2.86. The van der Waals surface area contributed by atoms with Crippen molar-refractivity contribution in [2.75, 3.05) is 32.6 Å². The van der Waals surface area contributed by atoms with E-state index in [0.717, 1.165) is 4.31 Å². The van der Waals surface area contributed by atoms with Crippen LogP contribution in [-0.4, -0.2) is 70.6 Å². The normalized spacial score (nSPS) is 20.3. The van der Waals surface area contributed by atoms with Crippen LogP contribution < -0.4 is 0 Å². The Labute approximate surface area is 147 Å². The third-order valence-corrected chi connectivity index (χ3v) is 7.91. The van der Waals surface area contributed by atoms with Gasteiger partial charge < -0.3 is 4.90 Å². The fraction of sp³-hybridized carbons (Fsp3) is 0.500. The van der Waals surface area contributed by atoms with Crippen molar-refractivity contribution in [3.05, 3.63) is 28.8 Å². The maximum Gasteiger partial charge on any atom is 0.255 e. The molecule has 0 bridgehead atoms. The number of carbonyl (C=O) groups excluding carboxylic acids is 1. The summed E-state index contributed by atoms with van der Waals surface area (Å²) in [7, 11) is -2.57. The molecule has 1 unspecified atom stereocenters. The van der Waals surface area contributed by atoms with Crippen LogP contribution >= 0.6 is 11.6 Å². The number of amides is 1. The van der Waals surface area contributed by atoms with Crippen molar-refractivity contribution in [3.8, 4) is 0 Å². The number of halogens is 1. The molecule has 10 heteroatoms. The molecule has 1 saturated heterocycles. The first kappa shape index (κ1) is 19.2. The Kier molecular flexibility index (Phi) is 5.29. The zero-order valence-electron chi connectivity index (χ0n) is 13.6. The first-order valence-corrected chi connectivity index (χ1v) is 10.8. The topological polar surface area (TPSA) is 91.8 Å². The van der Waals surface area contributed by atoms with Crippen molar-refractivity contribution >= 4 is 37.4 Å². The van der Waals surface area contributed by atoms with E-state index in [0.29, 0.717) is 6.42 Å².